The van der Waals surface area contributed by atoms with E-state index in [2.05, 4.69) is 20.7 Å². The second-order valence-electron chi connectivity index (χ2n) is 6.89. The Bertz CT molecular complexity index is 755. The zero-order valence-corrected chi connectivity index (χ0v) is 14.3. The molecule has 1 aliphatic heterocycles. The van der Waals surface area contributed by atoms with Gasteiger partial charge in [0.1, 0.15) is 6.33 Å². The summed E-state index contributed by atoms with van der Waals surface area (Å²) in [5.74, 6) is 1.35. The number of urea groups is 1. The van der Waals surface area contributed by atoms with E-state index in [4.69, 9.17) is 4.74 Å². The van der Waals surface area contributed by atoms with Crippen molar-refractivity contribution in [3.63, 3.8) is 0 Å². The molecule has 2 aromatic rings. The Kier molecular flexibility index (Phi) is 4.40. The Labute approximate surface area is 146 Å². The van der Waals surface area contributed by atoms with Crippen molar-refractivity contribution in [2.45, 2.75) is 37.8 Å². The first-order valence-electron chi connectivity index (χ1n) is 8.82. The number of amides is 2. The molecule has 7 nitrogen and oxygen atoms in total. The third kappa shape index (κ3) is 3.99. The van der Waals surface area contributed by atoms with Crippen LogP contribution in [0.3, 0.4) is 0 Å². The van der Waals surface area contributed by atoms with Crippen molar-refractivity contribution < 1.29 is 9.53 Å². The molecule has 0 radical (unpaired) electrons. The lowest BCUT2D eigenvalue weighted by molar-refractivity contribution is -0.00889. The molecule has 0 bridgehead atoms. The summed E-state index contributed by atoms with van der Waals surface area (Å²) in [5.41, 5.74) is 1.60. The van der Waals surface area contributed by atoms with Gasteiger partial charge in [0.05, 0.1) is 6.10 Å². The van der Waals surface area contributed by atoms with Crippen molar-refractivity contribution in [2.75, 3.05) is 11.9 Å². The van der Waals surface area contributed by atoms with Crippen molar-refractivity contribution in [3.05, 3.63) is 30.6 Å². The molecular formula is C18H23N5O2. The van der Waals surface area contributed by atoms with Crippen LogP contribution < -0.4 is 10.6 Å². The monoisotopic (exact) mass is 341 g/mol. The third-order valence-electron chi connectivity index (χ3n) is 4.78. The van der Waals surface area contributed by atoms with Gasteiger partial charge in [0.25, 0.3) is 0 Å². The number of carbonyl (C=O) groups excluding carboxylic acids is 1. The first-order valence-corrected chi connectivity index (χ1v) is 8.82. The average molecular weight is 341 g/mol. The number of aryl methyl sites for hydroxylation is 1. The van der Waals surface area contributed by atoms with Gasteiger partial charge in [-0.05, 0) is 43.7 Å². The van der Waals surface area contributed by atoms with Gasteiger partial charge >= 0.3 is 6.03 Å². The predicted molar refractivity (Wildman–Crippen MR) is 94.1 cm³/mol. The molecule has 0 unspecified atom stereocenters. The highest BCUT2D eigenvalue weighted by Crippen LogP contribution is 2.38. The van der Waals surface area contributed by atoms with Crippen LogP contribution in [0.25, 0.3) is 11.4 Å². The summed E-state index contributed by atoms with van der Waals surface area (Å²) in [5, 5.41) is 10.3. The van der Waals surface area contributed by atoms with Gasteiger partial charge in [-0.1, -0.05) is 12.1 Å². The molecule has 2 N–H and O–H groups in total. The molecule has 2 atom stereocenters. The van der Waals surface area contributed by atoms with Gasteiger partial charge in [0.2, 0.25) is 0 Å². The molecule has 1 saturated heterocycles. The van der Waals surface area contributed by atoms with E-state index >= 15 is 0 Å². The summed E-state index contributed by atoms with van der Waals surface area (Å²) >= 11 is 0. The lowest BCUT2D eigenvalue weighted by atomic mass is 10.0. The second-order valence-corrected chi connectivity index (χ2v) is 6.89. The van der Waals surface area contributed by atoms with Crippen LogP contribution in [0.15, 0.2) is 30.6 Å². The topological polar surface area (TPSA) is 81.1 Å². The number of aromatic nitrogens is 3. The van der Waals surface area contributed by atoms with E-state index in [1.807, 2.05) is 31.3 Å². The smallest absolute Gasteiger partial charge is 0.319 e. The largest absolute Gasteiger partial charge is 0.378 e. The van der Waals surface area contributed by atoms with Gasteiger partial charge in [-0.2, -0.15) is 5.10 Å². The Hall–Kier alpha value is -2.41. The quantitative estimate of drug-likeness (QED) is 0.895. The fourth-order valence-corrected chi connectivity index (χ4v) is 3.32. The molecule has 2 heterocycles. The van der Waals surface area contributed by atoms with Gasteiger partial charge in [-0.3, -0.25) is 4.68 Å². The van der Waals surface area contributed by atoms with Gasteiger partial charge in [0.15, 0.2) is 5.82 Å². The van der Waals surface area contributed by atoms with E-state index in [0.29, 0.717) is 17.8 Å². The standard InChI is InChI=1S/C18H23N5O2/c1-23-11-19-17(22-23)13-3-2-4-14(9-13)20-18(24)21-15-7-8-25-16(10-15)12-5-6-12/h2-4,9,11-12,15-16H,5-8,10H2,1H3,(H2,20,21,24)/t15-,16+/m0/s1. The molecular weight excluding hydrogens is 318 g/mol. The molecule has 2 amide bonds. The highest BCUT2D eigenvalue weighted by atomic mass is 16.5. The lowest BCUT2D eigenvalue weighted by Gasteiger charge is -2.30. The van der Waals surface area contributed by atoms with Crippen LogP contribution >= 0.6 is 0 Å². The summed E-state index contributed by atoms with van der Waals surface area (Å²) in [6.07, 6.45) is 6.28. The molecule has 1 saturated carbocycles. The van der Waals surface area contributed by atoms with Crippen LogP contribution in [0.1, 0.15) is 25.7 Å². The van der Waals surface area contributed by atoms with Crippen LogP contribution in [-0.4, -0.2) is 39.5 Å². The van der Waals surface area contributed by atoms with Crippen molar-refractivity contribution in [1.82, 2.24) is 20.1 Å². The lowest BCUT2D eigenvalue weighted by Crippen LogP contribution is -2.44. The van der Waals surface area contributed by atoms with Crippen LogP contribution in [0.5, 0.6) is 0 Å². The molecule has 2 aliphatic rings. The van der Waals surface area contributed by atoms with E-state index in [-0.39, 0.29) is 12.1 Å². The number of hydrogen-bond acceptors (Lipinski definition) is 4. The maximum atomic E-state index is 12.3. The summed E-state index contributed by atoms with van der Waals surface area (Å²) in [6, 6.07) is 7.57. The molecule has 2 fully saturated rings. The Balaban J connectivity index is 1.36. The Morgan fingerprint density at radius 1 is 1.32 bits per heavy atom. The highest BCUT2D eigenvalue weighted by molar-refractivity contribution is 5.90. The minimum Gasteiger partial charge on any atom is -0.378 e. The Morgan fingerprint density at radius 2 is 2.20 bits per heavy atom. The maximum Gasteiger partial charge on any atom is 0.319 e. The van der Waals surface area contributed by atoms with Crippen molar-refractivity contribution in [2.24, 2.45) is 13.0 Å². The number of rotatable bonds is 4. The third-order valence-corrected chi connectivity index (χ3v) is 4.78. The molecule has 0 spiro atoms. The molecule has 1 aliphatic carbocycles. The van der Waals surface area contributed by atoms with Crippen LogP contribution in [0.4, 0.5) is 10.5 Å². The van der Waals surface area contributed by atoms with E-state index < -0.39 is 0 Å². The average Bonchev–Trinajstić information content (AvgIpc) is 3.36. The van der Waals surface area contributed by atoms with E-state index in [0.717, 1.165) is 30.7 Å². The predicted octanol–water partition coefficient (Wildman–Crippen LogP) is 2.56. The number of ether oxygens (including phenoxy) is 1. The number of nitrogens with one attached hydrogen (secondary N) is 2. The van der Waals surface area contributed by atoms with Crippen LogP contribution in [0, 0.1) is 5.92 Å². The molecule has 4 rings (SSSR count). The van der Waals surface area contributed by atoms with E-state index in [1.165, 1.54) is 12.8 Å². The fraction of sp³-hybridized carbons (Fsp3) is 0.500. The normalized spacial score (nSPS) is 23.2. The first kappa shape index (κ1) is 16.1. The number of anilines is 1. The SMILES string of the molecule is Cn1cnc(-c2cccc(NC(=O)N[C@H]3CCO[C@@H](C4CC4)C3)c2)n1. The molecule has 7 heteroatoms. The number of carbonyl (C=O) groups is 1. The minimum atomic E-state index is -0.174. The van der Waals surface area contributed by atoms with Gasteiger partial charge < -0.3 is 15.4 Å². The van der Waals surface area contributed by atoms with E-state index in [9.17, 15) is 4.79 Å². The van der Waals surface area contributed by atoms with Crippen molar-refractivity contribution in [3.8, 4) is 11.4 Å². The molecule has 1 aromatic carbocycles. The van der Waals surface area contributed by atoms with Gasteiger partial charge in [0, 0.05) is 30.9 Å². The maximum absolute atomic E-state index is 12.3. The van der Waals surface area contributed by atoms with Crippen molar-refractivity contribution >= 4 is 11.7 Å². The number of hydrogen-bond donors (Lipinski definition) is 2. The van der Waals surface area contributed by atoms with Gasteiger partial charge in [-0.15, -0.1) is 0 Å². The second kappa shape index (κ2) is 6.84. The molecule has 1 aromatic heterocycles. The number of benzene rings is 1. The van der Waals surface area contributed by atoms with Gasteiger partial charge in [-0.25, -0.2) is 9.78 Å². The number of nitrogens with zero attached hydrogens (tertiary/aromatic N) is 3. The van der Waals surface area contributed by atoms with Crippen LogP contribution in [0.2, 0.25) is 0 Å². The Morgan fingerprint density at radius 3 is 2.96 bits per heavy atom. The molecule has 132 valence electrons. The zero-order valence-electron chi connectivity index (χ0n) is 14.3. The van der Waals surface area contributed by atoms with Crippen molar-refractivity contribution in [1.29, 1.82) is 0 Å². The highest BCUT2D eigenvalue weighted by Gasteiger charge is 2.36. The van der Waals surface area contributed by atoms with Crippen LogP contribution in [-0.2, 0) is 11.8 Å². The summed E-state index contributed by atoms with van der Waals surface area (Å²) < 4.78 is 7.47. The summed E-state index contributed by atoms with van der Waals surface area (Å²) in [6.45, 7) is 0.729. The summed E-state index contributed by atoms with van der Waals surface area (Å²) in [4.78, 5) is 16.6. The summed E-state index contributed by atoms with van der Waals surface area (Å²) in [7, 11) is 1.83. The van der Waals surface area contributed by atoms with E-state index in [1.54, 1.807) is 11.0 Å². The molecule has 25 heavy (non-hydrogen) atoms. The fourth-order valence-electron chi connectivity index (χ4n) is 3.32. The zero-order chi connectivity index (χ0) is 17.2. The first-order chi connectivity index (χ1) is 12.2. The minimum absolute atomic E-state index is 0.174.